The van der Waals surface area contributed by atoms with Gasteiger partial charge in [-0.3, -0.25) is 0 Å². The van der Waals surface area contributed by atoms with Crippen LogP contribution in [-0.2, 0) is 12.8 Å². The molecular weight excluding hydrogens is 374 g/mol. The number of hydrogen-bond donors (Lipinski definition) is 1. The maximum absolute atomic E-state index is 9.92. The summed E-state index contributed by atoms with van der Waals surface area (Å²) in [6, 6.07) is 15.5. The standard InChI is InChI=1S/C16H26O2.C9H7N3/c1-4-7-8-9-12-18-16-14(6-3)13(5-2)10-11-15(16)17;1-2-4-8(5-3-1)9-6-7-10-12-11-9/h10-11,17H,4-9,12H2,1-3H3;1-7H. The minimum absolute atomic E-state index is 0.277. The topological polar surface area (TPSA) is 68.1 Å². The Kier molecular flexibility index (Phi) is 10.3. The lowest BCUT2D eigenvalue weighted by Gasteiger charge is -2.15. The molecular formula is C25H33N3O2. The maximum Gasteiger partial charge on any atom is 0.164 e. The molecule has 0 atom stereocenters. The molecule has 0 fully saturated rings. The van der Waals surface area contributed by atoms with E-state index in [-0.39, 0.29) is 5.75 Å². The van der Waals surface area contributed by atoms with Crippen molar-refractivity contribution in [2.45, 2.75) is 59.3 Å². The van der Waals surface area contributed by atoms with E-state index >= 15 is 0 Å². The van der Waals surface area contributed by atoms with Crippen LogP contribution in [0, 0.1) is 0 Å². The summed E-state index contributed by atoms with van der Waals surface area (Å²) < 4.78 is 5.80. The lowest BCUT2D eigenvalue weighted by Crippen LogP contribution is -2.02. The molecule has 0 saturated carbocycles. The first-order valence-electron chi connectivity index (χ1n) is 10.9. The Morgan fingerprint density at radius 3 is 2.30 bits per heavy atom. The van der Waals surface area contributed by atoms with E-state index in [0.29, 0.717) is 12.4 Å². The largest absolute Gasteiger partial charge is 0.504 e. The maximum atomic E-state index is 9.92. The lowest BCUT2D eigenvalue weighted by molar-refractivity contribution is 0.286. The zero-order valence-corrected chi connectivity index (χ0v) is 18.3. The van der Waals surface area contributed by atoms with Gasteiger partial charge in [-0.2, -0.15) is 0 Å². The van der Waals surface area contributed by atoms with Gasteiger partial charge in [-0.25, -0.2) is 0 Å². The predicted octanol–water partition coefficient (Wildman–Crippen LogP) is 6.01. The SMILES string of the molecule is CCCCCCOc1c(O)ccc(CC)c1CC.c1ccc(-c2ccnnn2)cc1. The molecule has 160 valence electrons. The number of unbranched alkanes of at least 4 members (excludes halogenated alkanes) is 3. The molecule has 1 aromatic heterocycles. The van der Waals surface area contributed by atoms with Crippen molar-refractivity contribution >= 4 is 0 Å². The number of aromatic hydroxyl groups is 1. The van der Waals surface area contributed by atoms with Crippen LogP contribution < -0.4 is 4.74 Å². The Labute approximate surface area is 180 Å². The number of benzene rings is 2. The summed E-state index contributed by atoms with van der Waals surface area (Å²) in [4.78, 5) is 0. The van der Waals surface area contributed by atoms with E-state index in [4.69, 9.17) is 4.74 Å². The van der Waals surface area contributed by atoms with Crippen LogP contribution in [0.5, 0.6) is 11.5 Å². The van der Waals surface area contributed by atoms with Gasteiger partial charge in [0.2, 0.25) is 0 Å². The zero-order valence-electron chi connectivity index (χ0n) is 18.3. The fraction of sp³-hybridized carbons (Fsp3) is 0.400. The molecule has 0 aliphatic heterocycles. The highest BCUT2D eigenvalue weighted by atomic mass is 16.5. The molecule has 0 saturated heterocycles. The molecule has 0 bridgehead atoms. The van der Waals surface area contributed by atoms with Gasteiger partial charge in [-0.05, 0) is 42.2 Å². The van der Waals surface area contributed by atoms with Crippen LogP contribution in [0.25, 0.3) is 11.3 Å². The van der Waals surface area contributed by atoms with Crippen LogP contribution in [0.4, 0.5) is 0 Å². The van der Waals surface area contributed by atoms with E-state index in [1.165, 1.54) is 24.8 Å². The van der Waals surface area contributed by atoms with Gasteiger partial charge in [0.15, 0.2) is 11.5 Å². The van der Waals surface area contributed by atoms with Crippen molar-refractivity contribution in [2.75, 3.05) is 6.61 Å². The van der Waals surface area contributed by atoms with Crippen molar-refractivity contribution in [1.82, 2.24) is 15.4 Å². The molecule has 0 aliphatic rings. The smallest absolute Gasteiger partial charge is 0.164 e. The number of aromatic nitrogens is 3. The Bertz CT molecular complexity index is 818. The molecule has 3 rings (SSSR count). The Balaban J connectivity index is 0.000000230. The van der Waals surface area contributed by atoms with Crippen molar-refractivity contribution in [2.24, 2.45) is 0 Å². The lowest BCUT2D eigenvalue weighted by atomic mass is 10.0. The third-order valence-corrected chi connectivity index (χ3v) is 4.89. The third-order valence-electron chi connectivity index (χ3n) is 4.89. The third kappa shape index (κ3) is 7.14. The minimum atomic E-state index is 0.277. The average Bonchev–Trinajstić information content (AvgIpc) is 2.81. The van der Waals surface area contributed by atoms with Crippen molar-refractivity contribution in [3.8, 4) is 22.8 Å². The number of rotatable bonds is 9. The molecule has 0 radical (unpaired) electrons. The first kappa shape index (κ1) is 23.3. The van der Waals surface area contributed by atoms with E-state index in [9.17, 15) is 5.11 Å². The van der Waals surface area contributed by atoms with Gasteiger partial charge in [-0.1, -0.05) is 76.4 Å². The monoisotopic (exact) mass is 407 g/mol. The van der Waals surface area contributed by atoms with E-state index in [0.717, 1.165) is 36.1 Å². The summed E-state index contributed by atoms with van der Waals surface area (Å²) in [5, 5.41) is 21.0. The van der Waals surface area contributed by atoms with Crippen molar-refractivity contribution in [3.63, 3.8) is 0 Å². The molecule has 5 heteroatoms. The van der Waals surface area contributed by atoms with E-state index < -0.39 is 0 Å². The summed E-state index contributed by atoms with van der Waals surface area (Å²) in [6.45, 7) is 7.15. The highest BCUT2D eigenvalue weighted by Crippen LogP contribution is 2.33. The Hall–Kier alpha value is -2.95. The number of hydrogen-bond acceptors (Lipinski definition) is 5. The van der Waals surface area contributed by atoms with Gasteiger partial charge < -0.3 is 9.84 Å². The highest BCUT2D eigenvalue weighted by molar-refractivity contribution is 5.57. The zero-order chi connectivity index (χ0) is 21.6. The first-order valence-corrected chi connectivity index (χ1v) is 10.9. The quantitative estimate of drug-likeness (QED) is 0.440. The fourth-order valence-electron chi connectivity index (χ4n) is 3.24. The van der Waals surface area contributed by atoms with E-state index in [2.05, 4.69) is 36.2 Å². The van der Waals surface area contributed by atoms with Crippen LogP contribution >= 0.6 is 0 Å². The predicted molar refractivity (Wildman–Crippen MR) is 122 cm³/mol. The van der Waals surface area contributed by atoms with Crippen LogP contribution in [0.1, 0.15) is 57.6 Å². The number of aryl methyl sites for hydroxylation is 1. The number of ether oxygens (including phenoxy) is 1. The first-order chi connectivity index (χ1) is 14.7. The van der Waals surface area contributed by atoms with Gasteiger partial charge in [0, 0.05) is 11.1 Å². The van der Waals surface area contributed by atoms with Crippen molar-refractivity contribution < 1.29 is 9.84 Å². The second-order valence-electron chi connectivity index (χ2n) is 7.04. The second-order valence-corrected chi connectivity index (χ2v) is 7.04. The molecule has 3 aromatic rings. The van der Waals surface area contributed by atoms with Crippen LogP contribution in [-0.4, -0.2) is 27.1 Å². The molecule has 30 heavy (non-hydrogen) atoms. The molecule has 1 heterocycles. The summed E-state index contributed by atoms with van der Waals surface area (Å²) >= 11 is 0. The molecule has 0 spiro atoms. The molecule has 0 aliphatic carbocycles. The average molecular weight is 408 g/mol. The molecule has 2 aromatic carbocycles. The number of phenolic OH excluding ortho intramolecular Hbond substituents is 1. The Morgan fingerprint density at radius 2 is 1.67 bits per heavy atom. The van der Waals surface area contributed by atoms with Crippen LogP contribution in [0.3, 0.4) is 0 Å². The molecule has 0 unspecified atom stereocenters. The summed E-state index contributed by atoms with van der Waals surface area (Å²) in [7, 11) is 0. The van der Waals surface area contributed by atoms with Gasteiger partial charge in [-0.15, -0.1) is 10.2 Å². The van der Waals surface area contributed by atoms with Gasteiger partial charge >= 0.3 is 0 Å². The fourth-order valence-corrected chi connectivity index (χ4v) is 3.24. The molecule has 1 N–H and O–H groups in total. The van der Waals surface area contributed by atoms with Crippen molar-refractivity contribution in [1.29, 1.82) is 0 Å². The number of phenols is 1. The van der Waals surface area contributed by atoms with E-state index in [1.807, 2.05) is 42.5 Å². The summed E-state index contributed by atoms with van der Waals surface area (Å²) in [5.74, 6) is 0.980. The second kappa shape index (κ2) is 13.3. The Morgan fingerprint density at radius 1 is 0.867 bits per heavy atom. The van der Waals surface area contributed by atoms with Gasteiger partial charge in [0.05, 0.1) is 18.5 Å². The van der Waals surface area contributed by atoms with E-state index in [1.54, 1.807) is 12.3 Å². The van der Waals surface area contributed by atoms with Crippen LogP contribution in [0.2, 0.25) is 0 Å². The summed E-state index contributed by atoms with van der Waals surface area (Å²) in [6.07, 6.45) is 8.27. The summed E-state index contributed by atoms with van der Waals surface area (Å²) in [5.41, 5.74) is 4.35. The number of nitrogens with zero attached hydrogens (tertiary/aromatic N) is 3. The van der Waals surface area contributed by atoms with Gasteiger partial charge in [0.1, 0.15) is 0 Å². The normalized spacial score (nSPS) is 10.2. The molecule has 5 nitrogen and oxygen atoms in total. The van der Waals surface area contributed by atoms with Crippen LogP contribution in [0.15, 0.2) is 54.7 Å². The highest BCUT2D eigenvalue weighted by Gasteiger charge is 2.11. The molecule has 0 amide bonds. The minimum Gasteiger partial charge on any atom is -0.504 e. The van der Waals surface area contributed by atoms with Crippen molar-refractivity contribution in [3.05, 3.63) is 65.9 Å². The van der Waals surface area contributed by atoms with Gasteiger partial charge in [0.25, 0.3) is 0 Å².